The Kier molecular flexibility index (Phi) is 2.49. The van der Waals surface area contributed by atoms with Crippen molar-refractivity contribution in [2.45, 2.75) is 6.42 Å². The fourth-order valence-corrected chi connectivity index (χ4v) is 0.955. The highest BCUT2D eigenvalue weighted by Gasteiger charge is 2.08. The molecule has 0 radical (unpaired) electrons. The minimum absolute atomic E-state index is 0.243. The van der Waals surface area contributed by atoms with Gasteiger partial charge in [0.1, 0.15) is 6.54 Å². The predicted molar refractivity (Wildman–Crippen MR) is 43.4 cm³/mol. The van der Waals surface area contributed by atoms with Crippen LogP contribution in [0.15, 0.2) is 24.0 Å². The van der Waals surface area contributed by atoms with Gasteiger partial charge >= 0.3 is 0 Å². The van der Waals surface area contributed by atoms with Crippen LogP contribution in [0.5, 0.6) is 0 Å². The van der Waals surface area contributed by atoms with Gasteiger partial charge in [0, 0.05) is 18.0 Å². The maximum atomic E-state index is 10.7. The molecule has 1 heterocycles. The van der Waals surface area contributed by atoms with Gasteiger partial charge in [-0.25, -0.2) is 0 Å². The molecular formula is C8H9N3O. The Morgan fingerprint density at radius 1 is 1.83 bits per heavy atom. The van der Waals surface area contributed by atoms with Gasteiger partial charge in [-0.1, -0.05) is 6.08 Å². The van der Waals surface area contributed by atoms with Crippen LogP contribution in [0.1, 0.15) is 6.42 Å². The highest BCUT2D eigenvalue weighted by molar-refractivity contribution is 5.92. The second-order valence-electron chi connectivity index (χ2n) is 2.44. The van der Waals surface area contributed by atoms with Crippen LogP contribution >= 0.6 is 0 Å². The van der Waals surface area contributed by atoms with Crippen molar-refractivity contribution in [2.24, 2.45) is 5.73 Å². The molecule has 12 heavy (non-hydrogen) atoms. The lowest BCUT2D eigenvalue weighted by Gasteiger charge is -2.16. The molecule has 0 aromatic carbocycles. The molecule has 4 heteroatoms. The number of carbonyl (C=O) groups excluding carboxylic acids is 1. The third-order valence-electron chi connectivity index (χ3n) is 1.53. The first kappa shape index (κ1) is 8.34. The number of nitrogens with two attached hydrogens (primary N) is 1. The summed E-state index contributed by atoms with van der Waals surface area (Å²) in [4.78, 5) is 12.3. The van der Waals surface area contributed by atoms with Gasteiger partial charge in [-0.15, -0.1) is 0 Å². The van der Waals surface area contributed by atoms with Crippen LogP contribution in [0.25, 0.3) is 0 Å². The fraction of sp³-hybridized carbons (Fsp3) is 0.250. The summed E-state index contributed by atoms with van der Waals surface area (Å²) in [6.45, 7) is 0.243. The van der Waals surface area contributed by atoms with Gasteiger partial charge in [0.15, 0.2) is 0 Å². The molecule has 0 aromatic heterocycles. The SMILES string of the molecule is N#CCN1C=CCC(C(N)=O)=C1. The smallest absolute Gasteiger partial charge is 0.246 e. The van der Waals surface area contributed by atoms with E-state index in [0.717, 1.165) is 0 Å². The molecule has 0 bridgehead atoms. The Morgan fingerprint density at radius 2 is 2.58 bits per heavy atom. The van der Waals surface area contributed by atoms with Crippen LogP contribution in [-0.4, -0.2) is 17.4 Å². The lowest BCUT2D eigenvalue weighted by Crippen LogP contribution is -2.20. The predicted octanol–water partition coefficient (Wildman–Crippen LogP) is 0.0986. The zero-order chi connectivity index (χ0) is 8.97. The van der Waals surface area contributed by atoms with Crippen LogP contribution in [0.2, 0.25) is 0 Å². The van der Waals surface area contributed by atoms with Crippen molar-refractivity contribution >= 4 is 5.91 Å². The number of allylic oxidation sites excluding steroid dienone is 1. The average Bonchev–Trinajstić information content (AvgIpc) is 2.05. The molecule has 0 aliphatic carbocycles. The van der Waals surface area contributed by atoms with Crippen LogP contribution in [0, 0.1) is 11.3 Å². The number of primary amides is 1. The van der Waals surface area contributed by atoms with Gasteiger partial charge in [0.25, 0.3) is 0 Å². The van der Waals surface area contributed by atoms with E-state index in [0.29, 0.717) is 12.0 Å². The summed E-state index contributed by atoms with van der Waals surface area (Å²) in [5, 5.41) is 8.37. The van der Waals surface area contributed by atoms with E-state index in [1.807, 2.05) is 6.07 Å². The number of nitrogens with zero attached hydrogens (tertiary/aromatic N) is 2. The molecule has 2 N–H and O–H groups in total. The lowest BCUT2D eigenvalue weighted by atomic mass is 10.1. The highest BCUT2D eigenvalue weighted by Crippen LogP contribution is 2.10. The summed E-state index contributed by atoms with van der Waals surface area (Å²) < 4.78 is 0. The molecule has 1 amide bonds. The minimum Gasteiger partial charge on any atom is -0.366 e. The topological polar surface area (TPSA) is 70.1 Å². The molecule has 1 aliphatic heterocycles. The Bertz CT molecular complexity index is 285. The highest BCUT2D eigenvalue weighted by atomic mass is 16.1. The number of rotatable bonds is 2. The Hall–Kier alpha value is -1.76. The van der Waals surface area contributed by atoms with Gasteiger partial charge in [0.2, 0.25) is 5.91 Å². The quantitative estimate of drug-likeness (QED) is 0.587. The number of amides is 1. The van der Waals surface area contributed by atoms with E-state index in [9.17, 15) is 4.79 Å². The summed E-state index contributed by atoms with van der Waals surface area (Å²) >= 11 is 0. The van der Waals surface area contributed by atoms with Gasteiger partial charge in [-0.2, -0.15) is 5.26 Å². The zero-order valence-electron chi connectivity index (χ0n) is 6.53. The molecule has 0 unspecified atom stereocenters. The van der Waals surface area contributed by atoms with E-state index in [2.05, 4.69) is 0 Å². The second-order valence-corrected chi connectivity index (χ2v) is 2.44. The van der Waals surface area contributed by atoms with Crippen molar-refractivity contribution in [3.05, 3.63) is 24.0 Å². The first-order chi connectivity index (χ1) is 5.74. The Labute approximate surface area is 70.6 Å². The zero-order valence-corrected chi connectivity index (χ0v) is 6.53. The summed E-state index contributed by atoms with van der Waals surface area (Å²) in [5.74, 6) is -0.428. The summed E-state index contributed by atoms with van der Waals surface area (Å²) in [6.07, 6.45) is 5.72. The van der Waals surface area contributed by atoms with Crippen LogP contribution in [-0.2, 0) is 4.79 Å². The van der Waals surface area contributed by atoms with Crippen LogP contribution in [0.3, 0.4) is 0 Å². The van der Waals surface area contributed by atoms with Crippen LogP contribution < -0.4 is 5.73 Å². The van der Waals surface area contributed by atoms with Gasteiger partial charge in [0.05, 0.1) is 6.07 Å². The molecule has 62 valence electrons. The summed E-state index contributed by atoms with van der Waals surface area (Å²) in [7, 11) is 0. The van der Waals surface area contributed by atoms with Crippen molar-refractivity contribution < 1.29 is 4.79 Å². The third kappa shape index (κ3) is 1.86. The molecule has 0 saturated carbocycles. The van der Waals surface area contributed by atoms with Crippen molar-refractivity contribution in [3.63, 3.8) is 0 Å². The molecule has 0 saturated heterocycles. The normalized spacial score (nSPS) is 15.2. The maximum absolute atomic E-state index is 10.7. The van der Waals surface area contributed by atoms with Crippen molar-refractivity contribution in [3.8, 4) is 6.07 Å². The Morgan fingerprint density at radius 3 is 3.17 bits per heavy atom. The second kappa shape index (κ2) is 3.58. The molecule has 0 fully saturated rings. The molecule has 1 rings (SSSR count). The van der Waals surface area contributed by atoms with E-state index in [1.165, 1.54) is 0 Å². The Balaban J connectivity index is 2.69. The molecule has 0 spiro atoms. The molecule has 0 aromatic rings. The maximum Gasteiger partial charge on any atom is 0.246 e. The van der Waals surface area contributed by atoms with Gasteiger partial charge < -0.3 is 10.6 Å². The van der Waals surface area contributed by atoms with Crippen molar-refractivity contribution in [2.75, 3.05) is 6.54 Å². The summed E-state index contributed by atoms with van der Waals surface area (Å²) in [6, 6.07) is 1.97. The first-order valence-corrected chi connectivity index (χ1v) is 3.54. The molecule has 0 atom stereocenters. The van der Waals surface area contributed by atoms with E-state index < -0.39 is 5.91 Å². The fourth-order valence-electron chi connectivity index (χ4n) is 0.955. The monoisotopic (exact) mass is 163 g/mol. The van der Waals surface area contributed by atoms with Crippen molar-refractivity contribution in [1.29, 1.82) is 5.26 Å². The van der Waals surface area contributed by atoms with E-state index >= 15 is 0 Å². The minimum atomic E-state index is -0.428. The number of hydrogen-bond acceptors (Lipinski definition) is 3. The third-order valence-corrected chi connectivity index (χ3v) is 1.53. The van der Waals surface area contributed by atoms with E-state index in [-0.39, 0.29) is 6.54 Å². The standard InChI is InChI=1S/C8H9N3O/c9-3-5-11-4-1-2-7(6-11)8(10)12/h1,4,6H,2,5H2,(H2,10,12). The number of hydrogen-bond donors (Lipinski definition) is 1. The van der Waals surface area contributed by atoms with Crippen LogP contribution in [0.4, 0.5) is 0 Å². The van der Waals surface area contributed by atoms with Crippen molar-refractivity contribution in [1.82, 2.24) is 4.90 Å². The molecule has 1 aliphatic rings. The number of carbonyl (C=O) groups is 1. The first-order valence-electron chi connectivity index (χ1n) is 3.54. The largest absolute Gasteiger partial charge is 0.366 e. The molecular weight excluding hydrogens is 154 g/mol. The van der Waals surface area contributed by atoms with E-state index in [4.69, 9.17) is 11.0 Å². The number of nitriles is 1. The van der Waals surface area contributed by atoms with Gasteiger partial charge in [-0.3, -0.25) is 4.79 Å². The molecule has 4 nitrogen and oxygen atoms in total. The van der Waals surface area contributed by atoms with Gasteiger partial charge in [-0.05, 0) is 6.42 Å². The summed E-state index contributed by atoms with van der Waals surface area (Å²) in [5.41, 5.74) is 5.61. The average molecular weight is 163 g/mol. The lowest BCUT2D eigenvalue weighted by molar-refractivity contribution is -0.114. The van der Waals surface area contributed by atoms with E-state index in [1.54, 1.807) is 23.4 Å².